The van der Waals surface area contributed by atoms with Gasteiger partial charge in [-0.15, -0.1) is 11.3 Å². The molecule has 1 atom stereocenters. The van der Waals surface area contributed by atoms with Crippen LogP contribution in [0.5, 0.6) is 0 Å². The van der Waals surface area contributed by atoms with E-state index in [1.165, 1.54) is 11.3 Å². The smallest absolute Gasteiger partial charge is 0.303 e. The second-order valence-electron chi connectivity index (χ2n) is 4.87. The fourth-order valence-electron chi connectivity index (χ4n) is 1.99. The maximum atomic E-state index is 11.9. The Labute approximate surface area is 126 Å². The molecule has 1 unspecified atom stereocenters. The predicted octanol–water partition coefficient (Wildman–Crippen LogP) is 3.25. The fourth-order valence-corrected chi connectivity index (χ4v) is 2.63. The highest BCUT2D eigenvalue weighted by atomic mass is 32.1. The van der Waals surface area contributed by atoms with Gasteiger partial charge in [0.2, 0.25) is 5.91 Å². The van der Waals surface area contributed by atoms with Gasteiger partial charge in [0.05, 0.1) is 0 Å². The van der Waals surface area contributed by atoms with Gasteiger partial charge in [-0.1, -0.05) is 19.1 Å². The molecular formula is C15H16N2O3S. The number of anilines is 1. The standard InChI is InChI=1S/C15H16N2O3S/c1-10(8-14(19)20)7-13(18)17-12-4-2-3-11(9-12)15-16-5-6-21-15/h2-6,9-10H,7-8H2,1H3,(H,17,18)(H,19,20). The van der Waals surface area contributed by atoms with E-state index < -0.39 is 5.97 Å². The zero-order chi connectivity index (χ0) is 15.2. The van der Waals surface area contributed by atoms with Gasteiger partial charge in [0.1, 0.15) is 5.01 Å². The van der Waals surface area contributed by atoms with Crippen LogP contribution in [0.25, 0.3) is 10.6 Å². The molecule has 110 valence electrons. The van der Waals surface area contributed by atoms with Crippen LogP contribution < -0.4 is 5.32 Å². The number of hydrogen-bond donors (Lipinski definition) is 2. The van der Waals surface area contributed by atoms with Crippen molar-refractivity contribution >= 4 is 28.9 Å². The average molecular weight is 304 g/mol. The van der Waals surface area contributed by atoms with E-state index in [9.17, 15) is 9.59 Å². The first kappa shape index (κ1) is 15.2. The number of aromatic nitrogens is 1. The Morgan fingerprint density at radius 2 is 2.19 bits per heavy atom. The third-order valence-electron chi connectivity index (χ3n) is 2.88. The van der Waals surface area contributed by atoms with Gasteiger partial charge in [0, 0.05) is 35.7 Å². The molecule has 2 aromatic rings. The van der Waals surface area contributed by atoms with E-state index in [4.69, 9.17) is 5.11 Å². The van der Waals surface area contributed by atoms with E-state index in [0.717, 1.165) is 10.6 Å². The first-order valence-corrected chi connectivity index (χ1v) is 7.44. The zero-order valence-corrected chi connectivity index (χ0v) is 12.4. The zero-order valence-electron chi connectivity index (χ0n) is 11.6. The highest BCUT2D eigenvalue weighted by Crippen LogP contribution is 2.24. The Morgan fingerprint density at radius 1 is 1.38 bits per heavy atom. The molecule has 2 rings (SSSR count). The summed E-state index contributed by atoms with van der Waals surface area (Å²) in [4.78, 5) is 26.7. The highest BCUT2D eigenvalue weighted by Gasteiger charge is 2.13. The molecule has 0 radical (unpaired) electrons. The van der Waals surface area contributed by atoms with Crippen molar-refractivity contribution in [1.82, 2.24) is 4.98 Å². The summed E-state index contributed by atoms with van der Waals surface area (Å²) < 4.78 is 0. The van der Waals surface area contributed by atoms with Crippen LogP contribution in [0.4, 0.5) is 5.69 Å². The molecule has 6 heteroatoms. The summed E-state index contributed by atoms with van der Waals surface area (Å²) in [7, 11) is 0. The lowest BCUT2D eigenvalue weighted by molar-refractivity contribution is -0.138. The van der Waals surface area contributed by atoms with Crippen LogP contribution in [0.3, 0.4) is 0 Å². The number of carboxylic acid groups (broad SMARTS) is 1. The number of thiazole rings is 1. The molecule has 0 fully saturated rings. The fraction of sp³-hybridized carbons (Fsp3) is 0.267. The Bertz CT molecular complexity index is 626. The first-order chi connectivity index (χ1) is 10.0. The topological polar surface area (TPSA) is 79.3 Å². The summed E-state index contributed by atoms with van der Waals surface area (Å²) in [5.74, 6) is -1.26. The summed E-state index contributed by atoms with van der Waals surface area (Å²) in [5.41, 5.74) is 1.64. The van der Waals surface area contributed by atoms with Crippen molar-refractivity contribution < 1.29 is 14.7 Å². The number of nitrogens with zero attached hydrogens (tertiary/aromatic N) is 1. The van der Waals surface area contributed by atoms with E-state index in [1.54, 1.807) is 19.2 Å². The van der Waals surface area contributed by atoms with Crippen LogP contribution >= 0.6 is 11.3 Å². The van der Waals surface area contributed by atoms with Crippen molar-refractivity contribution in [2.75, 3.05) is 5.32 Å². The predicted molar refractivity (Wildman–Crippen MR) is 82.2 cm³/mol. The Balaban J connectivity index is 1.98. The summed E-state index contributed by atoms with van der Waals surface area (Å²) in [6, 6.07) is 7.45. The van der Waals surface area contributed by atoms with Crippen molar-refractivity contribution in [2.45, 2.75) is 19.8 Å². The quantitative estimate of drug-likeness (QED) is 0.858. The molecule has 2 N–H and O–H groups in total. The summed E-state index contributed by atoms with van der Waals surface area (Å²) >= 11 is 1.53. The molecule has 0 aliphatic carbocycles. The van der Waals surface area contributed by atoms with Crippen molar-refractivity contribution in [1.29, 1.82) is 0 Å². The minimum Gasteiger partial charge on any atom is -0.481 e. The molecular weight excluding hydrogens is 288 g/mol. The molecule has 0 saturated heterocycles. The van der Waals surface area contributed by atoms with Crippen molar-refractivity contribution in [3.8, 4) is 10.6 Å². The Hall–Kier alpha value is -2.21. The largest absolute Gasteiger partial charge is 0.481 e. The molecule has 0 aliphatic rings. The van der Waals surface area contributed by atoms with Crippen molar-refractivity contribution in [3.05, 3.63) is 35.8 Å². The van der Waals surface area contributed by atoms with Crippen LogP contribution in [-0.4, -0.2) is 22.0 Å². The number of carbonyl (C=O) groups excluding carboxylic acids is 1. The summed E-state index contributed by atoms with van der Waals surface area (Å²) in [6.45, 7) is 1.75. The number of benzene rings is 1. The van der Waals surface area contributed by atoms with Crippen LogP contribution in [0, 0.1) is 5.92 Å². The minimum absolute atomic E-state index is 0.00737. The number of carbonyl (C=O) groups is 2. The SMILES string of the molecule is CC(CC(=O)O)CC(=O)Nc1cccc(-c2nccs2)c1. The van der Waals surface area contributed by atoms with E-state index >= 15 is 0 Å². The van der Waals surface area contributed by atoms with Crippen molar-refractivity contribution in [3.63, 3.8) is 0 Å². The molecule has 0 aliphatic heterocycles. The number of nitrogens with one attached hydrogen (secondary N) is 1. The lowest BCUT2D eigenvalue weighted by Crippen LogP contribution is -2.16. The first-order valence-electron chi connectivity index (χ1n) is 6.56. The van der Waals surface area contributed by atoms with E-state index in [0.29, 0.717) is 5.69 Å². The Kier molecular flexibility index (Phi) is 5.05. The van der Waals surface area contributed by atoms with E-state index in [-0.39, 0.29) is 24.7 Å². The lowest BCUT2D eigenvalue weighted by Gasteiger charge is -2.10. The Morgan fingerprint density at radius 3 is 2.86 bits per heavy atom. The van der Waals surface area contributed by atoms with Crippen LogP contribution in [0.1, 0.15) is 19.8 Å². The van der Waals surface area contributed by atoms with Crippen LogP contribution in [-0.2, 0) is 9.59 Å². The minimum atomic E-state index is -0.888. The molecule has 1 aromatic carbocycles. The maximum absolute atomic E-state index is 11.9. The van der Waals surface area contributed by atoms with Gasteiger partial charge < -0.3 is 10.4 Å². The summed E-state index contributed by atoms with van der Waals surface area (Å²) in [6.07, 6.45) is 1.92. The third-order valence-corrected chi connectivity index (χ3v) is 3.70. The van der Waals surface area contributed by atoms with E-state index in [2.05, 4.69) is 10.3 Å². The molecule has 1 heterocycles. The highest BCUT2D eigenvalue weighted by molar-refractivity contribution is 7.13. The molecule has 1 amide bonds. The lowest BCUT2D eigenvalue weighted by atomic mass is 10.0. The molecule has 0 saturated carbocycles. The summed E-state index contributed by atoms with van der Waals surface area (Å²) in [5, 5.41) is 14.3. The second-order valence-corrected chi connectivity index (χ2v) is 5.77. The van der Waals surface area contributed by atoms with Gasteiger partial charge in [-0.2, -0.15) is 0 Å². The molecule has 0 spiro atoms. The van der Waals surface area contributed by atoms with Gasteiger partial charge >= 0.3 is 5.97 Å². The second kappa shape index (κ2) is 6.99. The van der Waals surface area contributed by atoms with Gasteiger partial charge in [-0.25, -0.2) is 4.98 Å². The maximum Gasteiger partial charge on any atom is 0.303 e. The average Bonchev–Trinajstić information content (AvgIpc) is 2.91. The van der Waals surface area contributed by atoms with Crippen molar-refractivity contribution in [2.24, 2.45) is 5.92 Å². The normalized spacial score (nSPS) is 11.9. The molecule has 0 bridgehead atoms. The number of rotatable bonds is 6. The van der Waals surface area contributed by atoms with Gasteiger partial charge in [-0.3, -0.25) is 9.59 Å². The molecule has 1 aromatic heterocycles. The van der Waals surface area contributed by atoms with Gasteiger partial charge in [0.25, 0.3) is 0 Å². The monoisotopic (exact) mass is 304 g/mol. The molecule has 21 heavy (non-hydrogen) atoms. The third kappa shape index (κ3) is 4.68. The van der Waals surface area contributed by atoms with Crippen LogP contribution in [0.15, 0.2) is 35.8 Å². The van der Waals surface area contributed by atoms with Crippen LogP contribution in [0.2, 0.25) is 0 Å². The number of carboxylic acids is 1. The van der Waals surface area contributed by atoms with E-state index in [1.807, 2.05) is 23.6 Å². The number of aliphatic carboxylic acids is 1. The number of amides is 1. The number of hydrogen-bond acceptors (Lipinski definition) is 4. The van der Waals surface area contributed by atoms with Gasteiger partial charge in [-0.05, 0) is 18.1 Å². The molecule has 5 nitrogen and oxygen atoms in total. The van der Waals surface area contributed by atoms with Gasteiger partial charge in [0.15, 0.2) is 0 Å².